The molecule has 3 heterocycles. The van der Waals surface area contributed by atoms with E-state index in [4.69, 9.17) is 10.5 Å². The van der Waals surface area contributed by atoms with Gasteiger partial charge in [-0.1, -0.05) is 17.3 Å². The second kappa shape index (κ2) is 5.78. The lowest BCUT2D eigenvalue weighted by Crippen LogP contribution is -2.28. The first-order chi connectivity index (χ1) is 10.9. The molecule has 1 aliphatic rings. The maximum atomic E-state index is 12.2. The molecular weight excluding hydrogens is 324 g/mol. The minimum Gasteiger partial charge on any atom is -0.388 e. The highest BCUT2D eigenvalue weighted by molar-refractivity contribution is 7.16. The Morgan fingerprint density at radius 2 is 2.30 bits per heavy atom. The minimum absolute atomic E-state index is 0.0435. The molecule has 0 bridgehead atoms. The number of nitrogens with two attached hydrogens (primary N) is 1. The van der Waals surface area contributed by atoms with Gasteiger partial charge in [-0.05, 0) is 6.92 Å². The Morgan fingerprint density at radius 3 is 3.00 bits per heavy atom. The van der Waals surface area contributed by atoms with Gasteiger partial charge in [0.25, 0.3) is 5.56 Å². The lowest BCUT2D eigenvalue weighted by molar-refractivity contribution is -0.0620. The number of aromatic nitrogens is 3. The summed E-state index contributed by atoms with van der Waals surface area (Å²) in [7, 11) is 0. The number of aliphatic hydroxyl groups is 2. The largest absolute Gasteiger partial charge is 0.388 e. The maximum absolute atomic E-state index is 12.2. The number of H-pyrrole nitrogens is 1. The predicted octanol–water partition coefficient (Wildman–Crippen LogP) is -1.24. The van der Waals surface area contributed by atoms with Crippen LogP contribution in [0.25, 0.3) is 10.3 Å². The number of ether oxygens (including phenoxy) is 1. The first-order valence-corrected chi connectivity index (χ1v) is 7.58. The number of fused-ring (bicyclic) bond motifs is 1. The molecule has 0 amide bonds. The van der Waals surface area contributed by atoms with E-state index in [9.17, 15) is 19.8 Å². The number of aromatic amines is 1. The van der Waals surface area contributed by atoms with E-state index in [0.29, 0.717) is 11.3 Å². The second-order valence-electron chi connectivity index (χ2n) is 5.05. The van der Waals surface area contributed by atoms with Crippen LogP contribution in [-0.4, -0.2) is 43.1 Å². The van der Waals surface area contributed by atoms with Crippen LogP contribution in [0.2, 0.25) is 0 Å². The van der Waals surface area contributed by atoms with E-state index in [1.54, 1.807) is 6.92 Å². The molecule has 1 fully saturated rings. The molecule has 2 unspecified atom stereocenters. The molecule has 0 aromatic carbocycles. The zero-order valence-corrected chi connectivity index (χ0v) is 12.8. The Morgan fingerprint density at radius 1 is 1.57 bits per heavy atom. The first-order valence-electron chi connectivity index (χ1n) is 6.77. The molecule has 0 radical (unpaired) electrons. The van der Waals surface area contributed by atoms with Crippen molar-refractivity contribution < 1.29 is 14.9 Å². The smallest absolute Gasteiger partial charge is 0.311 e. The van der Waals surface area contributed by atoms with Gasteiger partial charge in [-0.3, -0.25) is 19.1 Å². The third kappa shape index (κ3) is 2.64. The van der Waals surface area contributed by atoms with E-state index in [1.165, 1.54) is 0 Å². The van der Waals surface area contributed by atoms with Gasteiger partial charge in [0.05, 0.1) is 0 Å². The van der Waals surface area contributed by atoms with Crippen molar-refractivity contribution >= 4 is 27.6 Å². The van der Waals surface area contributed by atoms with E-state index in [0.717, 1.165) is 4.57 Å². The number of anilines is 1. The van der Waals surface area contributed by atoms with E-state index in [-0.39, 0.29) is 22.7 Å². The topological polar surface area (TPSA) is 143 Å². The molecule has 122 valence electrons. The van der Waals surface area contributed by atoms with Crippen molar-refractivity contribution in [3.8, 4) is 11.8 Å². The van der Waals surface area contributed by atoms with Crippen LogP contribution in [0.3, 0.4) is 0 Å². The molecule has 1 saturated heterocycles. The van der Waals surface area contributed by atoms with Crippen LogP contribution in [0.5, 0.6) is 0 Å². The van der Waals surface area contributed by atoms with E-state index < -0.39 is 35.0 Å². The molecule has 9 nitrogen and oxygen atoms in total. The molecule has 4 atom stereocenters. The fourth-order valence-corrected chi connectivity index (χ4v) is 3.37. The first kappa shape index (κ1) is 15.7. The second-order valence-corrected chi connectivity index (χ2v) is 6.01. The van der Waals surface area contributed by atoms with Crippen molar-refractivity contribution in [2.75, 3.05) is 5.73 Å². The van der Waals surface area contributed by atoms with Gasteiger partial charge in [0, 0.05) is 6.42 Å². The predicted molar refractivity (Wildman–Crippen MR) is 82.9 cm³/mol. The summed E-state index contributed by atoms with van der Waals surface area (Å²) in [6, 6.07) is 0. The van der Waals surface area contributed by atoms with Crippen molar-refractivity contribution in [3.63, 3.8) is 0 Å². The molecular formula is C13H14N4O5S. The molecule has 0 saturated carbocycles. The van der Waals surface area contributed by atoms with Gasteiger partial charge in [-0.2, -0.15) is 4.98 Å². The Bertz CT molecular complexity index is 920. The number of nitrogens with zero attached hydrogens (tertiary/aromatic N) is 2. The third-order valence-corrected chi connectivity index (χ3v) is 4.45. The highest BCUT2D eigenvalue weighted by Gasteiger charge is 2.40. The Labute approximate surface area is 133 Å². The van der Waals surface area contributed by atoms with Crippen molar-refractivity contribution in [3.05, 3.63) is 20.0 Å². The molecule has 2 aromatic heterocycles. The minimum atomic E-state index is -1.08. The van der Waals surface area contributed by atoms with Crippen LogP contribution in [0.15, 0.2) is 9.59 Å². The fraction of sp³-hybridized carbons (Fsp3) is 0.462. The van der Waals surface area contributed by atoms with Crippen LogP contribution in [0.4, 0.5) is 5.95 Å². The SMILES string of the molecule is CC#CC(O)[C@@H]1C[C@@H](O)C(n2c(=O)sc3c(=O)[nH]c(N)nc32)O1. The summed E-state index contributed by atoms with van der Waals surface area (Å²) >= 11 is 0.687. The summed E-state index contributed by atoms with van der Waals surface area (Å²) in [4.78, 5) is 29.8. The molecule has 0 spiro atoms. The molecule has 2 aromatic rings. The maximum Gasteiger partial charge on any atom is 0.311 e. The van der Waals surface area contributed by atoms with Crippen LogP contribution >= 0.6 is 11.3 Å². The molecule has 0 aliphatic carbocycles. The molecule has 1 aliphatic heterocycles. The highest BCUT2D eigenvalue weighted by Crippen LogP contribution is 2.31. The number of hydrogen-bond acceptors (Lipinski definition) is 8. The zero-order chi connectivity index (χ0) is 16.7. The number of nitrogen functional groups attached to an aromatic ring is 1. The molecule has 5 N–H and O–H groups in total. The van der Waals surface area contributed by atoms with Gasteiger partial charge in [-0.25, -0.2) is 0 Å². The molecule has 10 heteroatoms. The normalized spacial score (nSPS) is 25.3. The number of aliphatic hydroxyl groups excluding tert-OH is 2. The van der Waals surface area contributed by atoms with Gasteiger partial charge in [0.2, 0.25) is 5.95 Å². The van der Waals surface area contributed by atoms with E-state index in [1.807, 2.05) is 0 Å². The summed E-state index contributed by atoms with van der Waals surface area (Å²) in [5.41, 5.74) is 5.02. The summed E-state index contributed by atoms with van der Waals surface area (Å²) in [6.07, 6.45) is -3.84. The summed E-state index contributed by atoms with van der Waals surface area (Å²) in [5, 5.41) is 20.1. The monoisotopic (exact) mass is 338 g/mol. The summed E-state index contributed by atoms with van der Waals surface area (Å²) < 4.78 is 6.76. The van der Waals surface area contributed by atoms with Crippen molar-refractivity contribution in [2.24, 2.45) is 0 Å². The summed E-state index contributed by atoms with van der Waals surface area (Å²) in [5.74, 6) is 4.96. The lowest BCUT2D eigenvalue weighted by Gasteiger charge is -2.17. The van der Waals surface area contributed by atoms with Gasteiger partial charge >= 0.3 is 4.87 Å². The Balaban J connectivity index is 2.07. The Hall–Kier alpha value is -2.19. The van der Waals surface area contributed by atoms with Crippen LogP contribution in [-0.2, 0) is 4.74 Å². The average molecular weight is 338 g/mol. The van der Waals surface area contributed by atoms with E-state index in [2.05, 4.69) is 21.8 Å². The molecule has 3 rings (SSSR count). The molecule has 23 heavy (non-hydrogen) atoms. The number of nitrogens with one attached hydrogen (secondary N) is 1. The third-order valence-electron chi connectivity index (χ3n) is 3.51. The summed E-state index contributed by atoms with van der Waals surface area (Å²) in [6.45, 7) is 1.57. The highest BCUT2D eigenvalue weighted by atomic mass is 32.1. The number of rotatable bonds is 2. The zero-order valence-electron chi connectivity index (χ0n) is 12.0. The lowest BCUT2D eigenvalue weighted by atomic mass is 10.1. The van der Waals surface area contributed by atoms with Gasteiger partial charge in [-0.15, -0.1) is 5.92 Å². The average Bonchev–Trinajstić information content (AvgIpc) is 2.99. The number of thiazole rings is 1. The van der Waals surface area contributed by atoms with Gasteiger partial charge in [0.1, 0.15) is 23.0 Å². The van der Waals surface area contributed by atoms with Crippen LogP contribution in [0.1, 0.15) is 19.6 Å². The van der Waals surface area contributed by atoms with Crippen molar-refractivity contribution in [1.82, 2.24) is 14.5 Å². The van der Waals surface area contributed by atoms with Gasteiger partial charge < -0.3 is 20.7 Å². The van der Waals surface area contributed by atoms with Gasteiger partial charge in [0.15, 0.2) is 11.9 Å². The van der Waals surface area contributed by atoms with Crippen molar-refractivity contribution in [1.29, 1.82) is 0 Å². The Kier molecular flexibility index (Phi) is 3.95. The van der Waals surface area contributed by atoms with Crippen molar-refractivity contribution in [2.45, 2.75) is 37.9 Å². The van der Waals surface area contributed by atoms with Crippen LogP contribution < -0.4 is 16.2 Å². The number of hydrogen-bond donors (Lipinski definition) is 4. The van der Waals surface area contributed by atoms with Crippen LogP contribution in [0, 0.1) is 11.8 Å². The quantitative estimate of drug-likeness (QED) is 0.501. The van der Waals surface area contributed by atoms with E-state index >= 15 is 0 Å². The standard InChI is InChI=1S/C13H14N4O5S/c1-2-3-5(18)7-4-6(19)11(22-7)17-9-8(23-13(17)21)10(20)16-12(14)15-9/h5-7,11,18-19H,4H2,1H3,(H3,14,15,16,20)/t5?,6-,7+,11?/m1/s1. The fourth-order valence-electron chi connectivity index (χ4n) is 2.53.